The third-order valence-electron chi connectivity index (χ3n) is 4.68. The van der Waals surface area contributed by atoms with Gasteiger partial charge in [-0.25, -0.2) is 0 Å². The molecule has 0 aliphatic carbocycles. The molecule has 168 valence electrons. The molecule has 0 radical (unpaired) electrons. The normalized spacial score (nSPS) is 10.8. The summed E-state index contributed by atoms with van der Waals surface area (Å²) in [5.74, 6) is -1.09. The molecule has 13 heteroatoms. The van der Waals surface area contributed by atoms with Crippen LogP contribution >= 0.6 is 15.9 Å². The van der Waals surface area contributed by atoms with E-state index in [1.807, 2.05) is 13.8 Å². The van der Waals surface area contributed by atoms with Crippen molar-refractivity contribution in [3.8, 4) is 11.4 Å². The molecule has 0 atom stereocenters. The molecular weight excluding hydrogens is 486 g/mol. The van der Waals surface area contributed by atoms with E-state index in [1.165, 1.54) is 12.1 Å². The fourth-order valence-corrected chi connectivity index (χ4v) is 3.25. The van der Waals surface area contributed by atoms with Gasteiger partial charge in [-0.3, -0.25) is 24.4 Å². The number of benzene rings is 1. The van der Waals surface area contributed by atoms with Crippen LogP contribution in [0.15, 0.2) is 27.2 Å². The van der Waals surface area contributed by atoms with E-state index in [1.54, 1.807) is 17.7 Å². The number of aryl methyl sites for hydroxylation is 1. The topological polar surface area (TPSA) is 158 Å². The molecule has 0 fully saturated rings. The van der Waals surface area contributed by atoms with Crippen molar-refractivity contribution in [2.24, 2.45) is 0 Å². The second kappa shape index (κ2) is 9.68. The average Bonchev–Trinajstić information content (AvgIpc) is 3.33. The Morgan fingerprint density at radius 1 is 1.22 bits per heavy atom. The Kier molecular flexibility index (Phi) is 6.98. The van der Waals surface area contributed by atoms with Crippen molar-refractivity contribution in [1.82, 2.24) is 30.6 Å². The van der Waals surface area contributed by atoms with Gasteiger partial charge in [0.1, 0.15) is 6.54 Å². The largest absolute Gasteiger partial charge is 0.353 e. The predicted molar refractivity (Wildman–Crippen MR) is 116 cm³/mol. The summed E-state index contributed by atoms with van der Waals surface area (Å²) in [4.78, 5) is 38.9. The number of hydrogen-bond donors (Lipinski definition) is 2. The molecule has 2 amide bonds. The van der Waals surface area contributed by atoms with E-state index in [9.17, 15) is 19.7 Å². The Labute approximate surface area is 190 Å². The van der Waals surface area contributed by atoms with E-state index in [0.717, 1.165) is 15.9 Å². The van der Waals surface area contributed by atoms with Crippen molar-refractivity contribution in [3.05, 3.63) is 55.6 Å². The van der Waals surface area contributed by atoms with Gasteiger partial charge in [0.05, 0.1) is 20.8 Å². The first-order valence-electron chi connectivity index (χ1n) is 9.51. The van der Waals surface area contributed by atoms with Gasteiger partial charge in [-0.2, -0.15) is 10.1 Å². The molecule has 3 rings (SSSR count). The molecule has 12 nitrogen and oxygen atoms in total. The van der Waals surface area contributed by atoms with Crippen LogP contribution < -0.4 is 10.6 Å². The maximum Gasteiger partial charge on any atom is 0.316 e. The van der Waals surface area contributed by atoms with Gasteiger partial charge in [0.25, 0.3) is 5.69 Å². The van der Waals surface area contributed by atoms with Crippen LogP contribution in [0.25, 0.3) is 11.4 Å². The number of halogens is 1. The molecule has 1 aromatic carbocycles. The molecule has 0 unspecified atom stereocenters. The molecule has 0 bridgehead atoms. The van der Waals surface area contributed by atoms with Crippen LogP contribution in [0.4, 0.5) is 5.69 Å². The SMILES string of the molecule is Cc1nn(CC(=O)NCCNC(=O)c2nc(-c3cccc([N+](=O)[O-])c3C)no2)c(C)c1Br. The monoisotopic (exact) mass is 505 g/mol. The maximum atomic E-state index is 12.2. The number of nitrogens with zero attached hydrogens (tertiary/aromatic N) is 5. The third kappa shape index (κ3) is 4.99. The summed E-state index contributed by atoms with van der Waals surface area (Å²) < 4.78 is 7.42. The predicted octanol–water partition coefficient (Wildman–Crippen LogP) is 2.08. The number of nitrogens with one attached hydrogen (secondary N) is 2. The molecule has 0 aliphatic heterocycles. The van der Waals surface area contributed by atoms with Gasteiger partial charge in [-0.05, 0) is 36.7 Å². The molecule has 0 aliphatic rings. The van der Waals surface area contributed by atoms with Crippen LogP contribution in [0, 0.1) is 30.9 Å². The van der Waals surface area contributed by atoms with Crippen molar-refractivity contribution in [2.45, 2.75) is 27.3 Å². The van der Waals surface area contributed by atoms with Gasteiger partial charge in [0.2, 0.25) is 11.7 Å². The highest BCUT2D eigenvalue weighted by Crippen LogP contribution is 2.27. The molecule has 2 N–H and O–H groups in total. The molecule has 0 spiro atoms. The van der Waals surface area contributed by atoms with Crippen LogP contribution in [0.2, 0.25) is 0 Å². The smallest absolute Gasteiger partial charge is 0.316 e. The lowest BCUT2D eigenvalue weighted by Gasteiger charge is -2.07. The first-order chi connectivity index (χ1) is 15.2. The van der Waals surface area contributed by atoms with Gasteiger partial charge >= 0.3 is 11.8 Å². The van der Waals surface area contributed by atoms with Gasteiger partial charge in [0.15, 0.2) is 0 Å². The Bertz CT molecular complexity index is 1190. The third-order valence-corrected chi connectivity index (χ3v) is 5.83. The second-order valence-electron chi connectivity index (χ2n) is 6.88. The molecule has 32 heavy (non-hydrogen) atoms. The quantitative estimate of drug-likeness (QED) is 0.267. The lowest BCUT2D eigenvalue weighted by atomic mass is 10.1. The van der Waals surface area contributed by atoms with Crippen molar-refractivity contribution in [1.29, 1.82) is 0 Å². The second-order valence-corrected chi connectivity index (χ2v) is 7.67. The van der Waals surface area contributed by atoms with E-state index in [4.69, 9.17) is 4.52 Å². The van der Waals surface area contributed by atoms with Crippen LogP contribution in [0.3, 0.4) is 0 Å². The number of rotatable bonds is 8. The summed E-state index contributed by atoms with van der Waals surface area (Å²) in [7, 11) is 0. The summed E-state index contributed by atoms with van der Waals surface area (Å²) in [5, 5.41) is 24.3. The minimum absolute atomic E-state index is 0.0573. The van der Waals surface area contributed by atoms with E-state index >= 15 is 0 Å². The van der Waals surface area contributed by atoms with E-state index < -0.39 is 10.8 Å². The number of hydrogen-bond acceptors (Lipinski definition) is 8. The summed E-state index contributed by atoms with van der Waals surface area (Å²) >= 11 is 3.41. The van der Waals surface area contributed by atoms with Gasteiger partial charge < -0.3 is 15.2 Å². The molecule has 2 aromatic heterocycles. The fourth-order valence-electron chi connectivity index (χ4n) is 2.96. The standard InChI is InChI=1S/C19H20BrN7O5/c1-10-13(5-4-6-14(10)27(30)31)17-23-19(32-25-17)18(29)22-8-7-21-15(28)9-26-12(3)16(20)11(2)24-26/h4-6H,7-9H2,1-3H3,(H,21,28)(H,22,29). The zero-order valence-electron chi connectivity index (χ0n) is 17.5. The van der Waals surface area contributed by atoms with Crippen LogP contribution in [-0.4, -0.2) is 49.7 Å². The summed E-state index contributed by atoms with van der Waals surface area (Å²) in [6.07, 6.45) is 0. The lowest BCUT2D eigenvalue weighted by molar-refractivity contribution is -0.385. The number of nitro benzene ring substituents is 1. The maximum absolute atomic E-state index is 12.2. The molecule has 2 heterocycles. The van der Waals surface area contributed by atoms with E-state index in [-0.39, 0.29) is 42.9 Å². The first-order valence-corrected chi connectivity index (χ1v) is 10.3. The van der Waals surface area contributed by atoms with Crippen molar-refractivity contribution in [3.63, 3.8) is 0 Å². The number of nitro groups is 1. The minimum Gasteiger partial charge on any atom is -0.353 e. The average molecular weight is 506 g/mol. The molecular formula is C19H20BrN7O5. The van der Waals surface area contributed by atoms with Gasteiger partial charge in [-0.1, -0.05) is 17.3 Å². The van der Waals surface area contributed by atoms with Crippen LogP contribution in [0.1, 0.15) is 27.6 Å². The van der Waals surface area contributed by atoms with Crippen LogP contribution in [0.5, 0.6) is 0 Å². The summed E-state index contributed by atoms with van der Waals surface area (Å²) in [6, 6.07) is 4.48. The number of aromatic nitrogens is 4. The van der Waals surface area contributed by atoms with E-state index in [2.05, 4.69) is 41.8 Å². The molecule has 0 saturated heterocycles. The minimum atomic E-state index is -0.622. The molecule has 0 saturated carbocycles. The van der Waals surface area contributed by atoms with Gasteiger partial charge in [-0.15, -0.1) is 0 Å². The Morgan fingerprint density at radius 2 is 1.94 bits per heavy atom. The lowest BCUT2D eigenvalue weighted by Crippen LogP contribution is -2.36. The highest BCUT2D eigenvalue weighted by atomic mass is 79.9. The Hall–Kier alpha value is -3.61. The molecule has 3 aromatic rings. The number of amides is 2. The highest BCUT2D eigenvalue weighted by molar-refractivity contribution is 9.10. The van der Waals surface area contributed by atoms with Crippen molar-refractivity contribution in [2.75, 3.05) is 13.1 Å². The van der Waals surface area contributed by atoms with Crippen LogP contribution in [-0.2, 0) is 11.3 Å². The summed E-state index contributed by atoms with van der Waals surface area (Å²) in [6.45, 7) is 5.64. The number of carbonyl (C=O) groups excluding carboxylic acids is 2. The van der Waals surface area contributed by atoms with E-state index in [0.29, 0.717) is 11.1 Å². The van der Waals surface area contributed by atoms with Crippen molar-refractivity contribution < 1.29 is 19.0 Å². The van der Waals surface area contributed by atoms with Gasteiger partial charge in [0, 0.05) is 30.3 Å². The zero-order chi connectivity index (χ0) is 23.4. The highest BCUT2D eigenvalue weighted by Gasteiger charge is 2.20. The Balaban J connectivity index is 1.52. The number of carbonyl (C=O) groups is 2. The summed E-state index contributed by atoms with van der Waals surface area (Å²) in [5.41, 5.74) is 2.31. The first kappa shape index (κ1) is 23.1. The fraction of sp³-hybridized carbons (Fsp3) is 0.316. The Morgan fingerprint density at radius 3 is 2.59 bits per heavy atom. The zero-order valence-corrected chi connectivity index (χ0v) is 19.1. The van der Waals surface area contributed by atoms with Crippen molar-refractivity contribution >= 4 is 33.4 Å².